The third-order valence-corrected chi connectivity index (χ3v) is 3.37. The maximum Gasteiger partial charge on any atom is 0.437 e. The van der Waals surface area contributed by atoms with Crippen LogP contribution in [0.4, 0.5) is 5.82 Å². The van der Waals surface area contributed by atoms with Crippen molar-refractivity contribution >= 4 is 5.82 Å². The van der Waals surface area contributed by atoms with Crippen molar-refractivity contribution in [3.05, 3.63) is 46.7 Å². The Morgan fingerprint density at radius 3 is 2.68 bits per heavy atom. The molecule has 0 aliphatic heterocycles. The van der Waals surface area contributed by atoms with E-state index < -0.39 is 5.76 Å². The van der Waals surface area contributed by atoms with Crippen LogP contribution >= 0.6 is 0 Å². The average molecular weight is 297 g/mol. The van der Waals surface area contributed by atoms with Gasteiger partial charge in [0.15, 0.2) is 0 Å². The van der Waals surface area contributed by atoms with E-state index in [1.54, 1.807) is 13.2 Å². The van der Waals surface area contributed by atoms with Gasteiger partial charge in [-0.15, -0.1) is 5.10 Å². The van der Waals surface area contributed by atoms with Crippen molar-refractivity contribution in [3.8, 4) is 22.7 Å². The highest BCUT2D eigenvalue weighted by Gasteiger charge is 2.12. The molecule has 3 rings (SSSR count). The zero-order valence-corrected chi connectivity index (χ0v) is 12.3. The smallest absolute Gasteiger partial charge is 0.388 e. The van der Waals surface area contributed by atoms with Gasteiger partial charge in [0.1, 0.15) is 5.82 Å². The molecule has 2 heterocycles. The van der Waals surface area contributed by atoms with Crippen molar-refractivity contribution in [1.82, 2.24) is 19.7 Å². The Bertz CT molecular complexity index is 864. The van der Waals surface area contributed by atoms with Crippen molar-refractivity contribution in [2.24, 2.45) is 7.05 Å². The monoisotopic (exact) mass is 297 g/mol. The van der Waals surface area contributed by atoms with Crippen LogP contribution in [-0.4, -0.2) is 19.7 Å². The highest BCUT2D eigenvalue weighted by Crippen LogP contribution is 2.27. The molecule has 0 spiro atoms. The summed E-state index contributed by atoms with van der Waals surface area (Å²) in [6.07, 6.45) is 3.98. The summed E-state index contributed by atoms with van der Waals surface area (Å²) in [5.41, 5.74) is 9.03. The molecule has 0 aliphatic carbocycles. The molecular formula is C15H15N5O2. The molecule has 0 aliphatic rings. The molecule has 2 N–H and O–H groups in total. The number of benzene rings is 1. The standard InChI is InChI=1S/C15H15N5O2/c1-3-9-4-5-10(14-19-20(2)15(21)22-14)6-11(9)12-7-18-13(16)8-17-12/h4-8H,3H2,1-2H3,(H2,16,18). The molecule has 0 atom stereocenters. The third-order valence-electron chi connectivity index (χ3n) is 3.37. The largest absolute Gasteiger partial charge is 0.437 e. The van der Waals surface area contributed by atoms with Crippen LogP contribution in [0.2, 0.25) is 0 Å². The second-order valence-electron chi connectivity index (χ2n) is 4.85. The molecule has 3 aromatic rings. The van der Waals surface area contributed by atoms with E-state index in [-0.39, 0.29) is 5.89 Å². The predicted molar refractivity (Wildman–Crippen MR) is 82.0 cm³/mol. The first kappa shape index (κ1) is 14.0. The number of nitrogen functional groups attached to an aromatic ring is 1. The lowest BCUT2D eigenvalue weighted by Crippen LogP contribution is -2.09. The summed E-state index contributed by atoms with van der Waals surface area (Å²) in [4.78, 5) is 19.8. The molecule has 0 bridgehead atoms. The number of aryl methyl sites for hydroxylation is 2. The van der Waals surface area contributed by atoms with Crippen LogP contribution in [0.3, 0.4) is 0 Å². The van der Waals surface area contributed by atoms with Gasteiger partial charge < -0.3 is 10.2 Å². The van der Waals surface area contributed by atoms with Crippen LogP contribution in [0.1, 0.15) is 12.5 Å². The van der Waals surface area contributed by atoms with Crippen LogP contribution in [0, 0.1) is 0 Å². The minimum absolute atomic E-state index is 0.278. The Morgan fingerprint density at radius 2 is 2.09 bits per heavy atom. The van der Waals surface area contributed by atoms with E-state index in [0.717, 1.165) is 22.2 Å². The summed E-state index contributed by atoms with van der Waals surface area (Å²) >= 11 is 0. The molecule has 0 unspecified atom stereocenters. The molecule has 22 heavy (non-hydrogen) atoms. The highest BCUT2D eigenvalue weighted by molar-refractivity contribution is 5.70. The third kappa shape index (κ3) is 2.48. The Hall–Kier alpha value is -2.96. The number of nitrogens with two attached hydrogens (primary N) is 1. The molecule has 0 amide bonds. The van der Waals surface area contributed by atoms with Crippen molar-refractivity contribution in [2.75, 3.05) is 5.73 Å². The van der Waals surface area contributed by atoms with Crippen LogP contribution in [0.5, 0.6) is 0 Å². The molecule has 0 saturated carbocycles. The predicted octanol–water partition coefficient (Wildman–Crippen LogP) is 1.64. The Balaban J connectivity index is 2.14. The number of anilines is 1. The minimum Gasteiger partial charge on any atom is -0.388 e. The fourth-order valence-electron chi connectivity index (χ4n) is 2.20. The van der Waals surface area contributed by atoms with Crippen molar-refractivity contribution in [3.63, 3.8) is 0 Å². The quantitative estimate of drug-likeness (QED) is 0.789. The second-order valence-corrected chi connectivity index (χ2v) is 4.85. The molecule has 0 radical (unpaired) electrons. The minimum atomic E-state index is -0.497. The molecular weight excluding hydrogens is 282 g/mol. The first-order valence-electron chi connectivity index (χ1n) is 6.84. The van der Waals surface area contributed by atoms with E-state index in [1.165, 1.54) is 6.20 Å². The van der Waals surface area contributed by atoms with Crippen LogP contribution < -0.4 is 11.5 Å². The fraction of sp³-hybridized carbons (Fsp3) is 0.200. The summed E-state index contributed by atoms with van der Waals surface area (Å²) in [5, 5.41) is 4.07. The Labute approximate surface area is 126 Å². The van der Waals surface area contributed by atoms with E-state index in [0.29, 0.717) is 17.1 Å². The summed E-state index contributed by atoms with van der Waals surface area (Å²) in [7, 11) is 1.54. The molecule has 0 saturated heterocycles. The first-order valence-corrected chi connectivity index (χ1v) is 6.84. The number of aromatic nitrogens is 4. The van der Waals surface area contributed by atoms with Gasteiger partial charge in [-0.2, -0.15) is 4.68 Å². The molecule has 1 aromatic carbocycles. The van der Waals surface area contributed by atoms with Gasteiger partial charge in [0, 0.05) is 18.2 Å². The van der Waals surface area contributed by atoms with Crippen LogP contribution in [0.15, 0.2) is 39.8 Å². The lowest BCUT2D eigenvalue weighted by Gasteiger charge is -2.08. The zero-order chi connectivity index (χ0) is 15.7. The number of hydrogen-bond donors (Lipinski definition) is 1. The van der Waals surface area contributed by atoms with Gasteiger partial charge in [0.25, 0.3) is 0 Å². The number of rotatable bonds is 3. The fourth-order valence-corrected chi connectivity index (χ4v) is 2.20. The van der Waals surface area contributed by atoms with E-state index >= 15 is 0 Å². The van der Waals surface area contributed by atoms with Gasteiger partial charge in [-0.3, -0.25) is 4.98 Å². The van der Waals surface area contributed by atoms with Crippen molar-refractivity contribution in [2.45, 2.75) is 13.3 Å². The van der Waals surface area contributed by atoms with E-state index in [1.807, 2.05) is 18.2 Å². The summed E-state index contributed by atoms with van der Waals surface area (Å²) in [5.74, 6) is 0.150. The lowest BCUT2D eigenvalue weighted by molar-refractivity contribution is 0.505. The van der Waals surface area contributed by atoms with Gasteiger partial charge in [0.2, 0.25) is 5.89 Å². The van der Waals surface area contributed by atoms with Crippen molar-refractivity contribution < 1.29 is 4.42 Å². The Morgan fingerprint density at radius 1 is 1.27 bits per heavy atom. The number of nitrogens with zero attached hydrogens (tertiary/aromatic N) is 4. The van der Waals surface area contributed by atoms with Gasteiger partial charge in [-0.1, -0.05) is 13.0 Å². The lowest BCUT2D eigenvalue weighted by atomic mass is 9.99. The first-order chi connectivity index (χ1) is 10.6. The summed E-state index contributed by atoms with van der Waals surface area (Å²) < 4.78 is 6.28. The summed E-state index contributed by atoms with van der Waals surface area (Å²) in [6.45, 7) is 2.06. The average Bonchev–Trinajstić information content (AvgIpc) is 2.87. The summed E-state index contributed by atoms with van der Waals surface area (Å²) in [6, 6.07) is 5.74. The highest BCUT2D eigenvalue weighted by atomic mass is 16.4. The maximum absolute atomic E-state index is 11.4. The SMILES string of the molecule is CCc1ccc(-c2nn(C)c(=O)o2)cc1-c1cnc(N)cn1. The van der Waals surface area contributed by atoms with Gasteiger partial charge in [-0.25, -0.2) is 9.78 Å². The van der Waals surface area contributed by atoms with E-state index in [2.05, 4.69) is 22.0 Å². The molecule has 2 aromatic heterocycles. The number of hydrogen-bond acceptors (Lipinski definition) is 6. The molecule has 112 valence electrons. The maximum atomic E-state index is 11.4. The van der Waals surface area contributed by atoms with Crippen LogP contribution in [0.25, 0.3) is 22.7 Å². The molecule has 7 heteroatoms. The van der Waals surface area contributed by atoms with Gasteiger partial charge in [0.05, 0.1) is 18.1 Å². The molecule has 7 nitrogen and oxygen atoms in total. The van der Waals surface area contributed by atoms with Gasteiger partial charge in [-0.05, 0) is 24.1 Å². The van der Waals surface area contributed by atoms with Gasteiger partial charge >= 0.3 is 5.76 Å². The van der Waals surface area contributed by atoms with Crippen molar-refractivity contribution in [1.29, 1.82) is 0 Å². The normalized spacial score (nSPS) is 10.8. The van der Waals surface area contributed by atoms with E-state index in [4.69, 9.17) is 10.2 Å². The van der Waals surface area contributed by atoms with Crippen LogP contribution in [-0.2, 0) is 13.5 Å². The Kier molecular flexibility index (Phi) is 3.46. The zero-order valence-electron chi connectivity index (χ0n) is 12.3. The molecule has 0 fully saturated rings. The second kappa shape index (κ2) is 5.44. The topological polar surface area (TPSA) is 99.8 Å². The van der Waals surface area contributed by atoms with E-state index in [9.17, 15) is 4.79 Å².